The van der Waals surface area contributed by atoms with Gasteiger partial charge in [0.2, 0.25) is 0 Å². The van der Waals surface area contributed by atoms with Crippen LogP contribution in [-0.2, 0) is 0 Å². The first kappa shape index (κ1) is 12.4. The van der Waals surface area contributed by atoms with Crippen LogP contribution >= 0.6 is 0 Å². The molecule has 3 heteroatoms. The molecule has 94 valence electrons. The van der Waals surface area contributed by atoms with E-state index in [4.69, 9.17) is 5.73 Å². The maximum atomic E-state index is 5.89. The van der Waals surface area contributed by atoms with Crippen LogP contribution in [-0.4, -0.2) is 43.2 Å². The van der Waals surface area contributed by atoms with Gasteiger partial charge < -0.3 is 10.6 Å². The van der Waals surface area contributed by atoms with Gasteiger partial charge in [-0.25, -0.2) is 0 Å². The lowest BCUT2D eigenvalue weighted by Gasteiger charge is -2.50. The van der Waals surface area contributed by atoms with Gasteiger partial charge in [0.1, 0.15) is 0 Å². The molecule has 3 nitrogen and oxygen atoms in total. The summed E-state index contributed by atoms with van der Waals surface area (Å²) in [6.45, 7) is 7.34. The lowest BCUT2D eigenvalue weighted by molar-refractivity contribution is 0.0846. The SMILES string of the molecule is CN1C(CN)CN(c2ccccc2)CC1(C)C. The molecule has 1 unspecified atom stereocenters. The summed E-state index contributed by atoms with van der Waals surface area (Å²) in [5.41, 5.74) is 7.35. The number of nitrogens with two attached hydrogens (primary N) is 1. The summed E-state index contributed by atoms with van der Waals surface area (Å²) in [5.74, 6) is 0. The van der Waals surface area contributed by atoms with Crippen molar-refractivity contribution in [1.82, 2.24) is 4.90 Å². The molecule has 1 saturated heterocycles. The molecule has 2 rings (SSSR count). The van der Waals surface area contributed by atoms with Gasteiger partial charge in [0.05, 0.1) is 0 Å². The monoisotopic (exact) mass is 233 g/mol. The summed E-state index contributed by atoms with van der Waals surface area (Å²) in [6, 6.07) is 11.0. The zero-order valence-corrected chi connectivity index (χ0v) is 11.1. The van der Waals surface area contributed by atoms with Gasteiger partial charge in [-0.2, -0.15) is 0 Å². The summed E-state index contributed by atoms with van der Waals surface area (Å²) < 4.78 is 0. The van der Waals surface area contributed by atoms with Crippen molar-refractivity contribution in [2.24, 2.45) is 5.73 Å². The van der Waals surface area contributed by atoms with E-state index in [-0.39, 0.29) is 5.54 Å². The number of likely N-dealkylation sites (N-methyl/N-ethyl adjacent to an activating group) is 1. The number of benzene rings is 1. The van der Waals surface area contributed by atoms with Gasteiger partial charge in [-0.15, -0.1) is 0 Å². The van der Waals surface area contributed by atoms with E-state index in [0.717, 1.165) is 13.1 Å². The fourth-order valence-electron chi connectivity index (χ4n) is 2.58. The van der Waals surface area contributed by atoms with Crippen molar-refractivity contribution in [1.29, 1.82) is 0 Å². The molecule has 1 heterocycles. The molecule has 1 aromatic carbocycles. The van der Waals surface area contributed by atoms with Crippen LogP contribution in [0.4, 0.5) is 5.69 Å². The summed E-state index contributed by atoms with van der Waals surface area (Å²) in [4.78, 5) is 4.85. The number of para-hydroxylation sites is 1. The third kappa shape index (κ3) is 2.45. The second-order valence-corrected chi connectivity index (χ2v) is 5.53. The molecule has 0 aromatic heterocycles. The molecule has 0 amide bonds. The van der Waals surface area contributed by atoms with Crippen molar-refractivity contribution >= 4 is 5.69 Å². The molecule has 0 radical (unpaired) electrons. The van der Waals surface area contributed by atoms with Crippen molar-refractivity contribution in [3.05, 3.63) is 30.3 Å². The van der Waals surface area contributed by atoms with E-state index in [1.807, 2.05) is 0 Å². The molecular formula is C14H23N3. The van der Waals surface area contributed by atoms with Crippen molar-refractivity contribution in [2.45, 2.75) is 25.4 Å². The Kier molecular flexibility index (Phi) is 3.40. The molecule has 0 bridgehead atoms. The predicted octanol–water partition coefficient (Wildman–Crippen LogP) is 1.54. The maximum Gasteiger partial charge on any atom is 0.0396 e. The van der Waals surface area contributed by atoms with E-state index in [0.29, 0.717) is 12.6 Å². The molecule has 2 N–H and O–H groups in total. The molecule has 0 aliphatic carbocycles. The fraction of sp³-hybridized carbons (Fsp3) is 0.571. The number of rotatable bonds is 2. The highest BCUT2D eigenvalue weighted by Crippen LogP contribution is 2.27. The lowest BCUT2D eigenvalue weighted by atomic mass is 9.95. The minimum absolute atomic E-state index is 0.165. The minimum Gasteiger partial charge on any atom is -0.368 e. The Morgan fingerprint density at radius 2 is 1.94 bits per heavy atom. The Morgan fingerprint density at radius 3 is 2.53 bits per heavy atom. The Labute approximate surface area is 104 Å². The van der Waals surface area contributed by atoms with Crippen LogP contribution in [0.2, 0.25) is 0 Å². The van der Waals surface area contributed by atoms with Crippen LogP contribution in [0.25, 0.3) is 0 Å². The van der Waals surface area contributed by atoms with Crippen molar-refractivity contribution in [3.8, 4) is 0 Å². The molecule has 1 aromatic rings. The van der Waals surface area contributed by atoms with Crippen LogP contribution in [0.3, 0.4) is 0 Å². The first-order chi connectivity index (χ1) is 8.04. The Balaban J connectivity index is 2.21. The van der Waals surface area contributed by atoms with Gasteiger partial charge in [-0.1, -0.05) is 18.2 Å². The van der Waals surface area contributed by atoms with Crippen LogP contribution in [0.5, 0.6) is 0 Å². The van der Waals surface area contributed by atoms with Crippen LogP contribution in [0, 0.1) is 0 Å². The standard InChI is InChI=1S/C14H23N3/c1-14(2)11-17(10-13(9-15)16(14)3)12-7-5-4-6-8-12/h4-8,13H,9-11,15H2,1-3H3. The molecule has 1 atom stereocenters. The second kappa shape index (κ2) is 4.67. The lowest BCUT2D eigenvalue weighted by Crippen LogP contribution is -2.64. The summed E-state index contributed by atoms with van der Waals surface area (Å²) in [6.07, 6.45) is 0. The van der Waals surface area contributed by atoms with Gasteiger partial charge >= 0.3 is 0 Å². The molecule has 0 saturated carbocycles. The average Bonchev–Trinajstić information content (AvgIpc) is 2.33. The highest BCUT2D eigenvalue weighted by Gasteiger charge is 2.36. The Morgan fingerprint density at radius 1 is 1.29 bits per heavy atom. The van der Waals surface area contributed by atoms with Gasteiger partial charge in [-0.05, 0) is 33.0 Å². The molecule has 1 aliphatic rings. The van der Waals surface area contributed by atoms with Crippen LogP contribution < -0.4 is 10.6 Å². The van der Waals surface area contributed by atoms with Gasteiger partial charge in [0.15, 0.2) is 0 Å². The normalized spacial score (nSPS) is 24.9. The molecule has 17 heavy (non-hydrogen) atoms. The van der Waals surface area contributed by atoms with Crippen molar-refractivity contribution in [3.63, 3.8) is 0 Å². The first-order valence-electron chi connectivity index (χ1n) is 6.27. The Hall–Kier alpha value is -1.06. The fourth-order valence-corrected chi connectivity index (χ4v) is 2.58. The van der Waals surface area contributed by atoms with E-state index in [2.05, 4.69) is 61.0 Å². The molecule has 0 spiro atoms. The number of anilines is 1. The summed E-state index contributed by atoms with van der Waals surface area (Å²) in [7, 11) is 2.18. The van der Waals surface area contributed by atoms with Crippen LogP contribution in [0.1, 0.15) is 13.8 Å². The van der Waals surface area contributed by atoms with E-state index < -0.39 is 0 Å². The highest BCUT2D eigenvalue weighted by molar-refractivity contribution is 5.47. The number of piperazine rings is 1. The minimum atomic E-state index is 0.165. The van der Waals surface area contributed by atoms with Crippen LogP contribution in [0.15, 0.2) is 30.3 Å². The quantitative estimate of drug-likeness (QED) is 0.841. The number of hydrogen-bond acceptors (Lipinski definition) is 3. The summed E-state index contributed by atoms with van der Waals surface area (Å²) >= 11 is 0. The van der Waals surface area contributed by atoms with Gasteiger partial charge in [0, 0.05) is 36.9 Å². The highest BCUT2D eigenvalue weighted by atomic mass is 15.3. The predicted molar refractivity (Wildman–Crippen MR) is 73.3 cm³/mol. The molecular weight excluding hydrogens is 210 g/mol. The molecule has 1 fully saturated rings. The summed E-state index contributed by atoms with van der Waals surface area (Å²) in [5, 5.41) is 0. The van der Waals surface area contributed by atoms with Crippen molar-refractivity contribution in [2.75, 3.05) is 31.6 Å². The zero-order chi connectivity index (χ0) is 12.5. The first-order valence-corrected chi connectivity index (χ1v) is 6.27. The third-order valence-corrected chi connectivity index (χ3v) is 3.90. The largest absolute Gasteiger partial charge is 0.368 e. The Bertz CT molecular complexity index is 361. The van der Waals surface area contributed by atoms with Crippen molar-refractivity contribution < 1.29 is 0 Å². The van der Waals surface area contributed by atoms with E-state index >= 15 is 0 Å². The van der Waals surface area contributed by atoms with E-state index in [1.165, 1.54) is 5.69 Å². The topological polar surface area (TPSA) is 32.5 Å². The molecule has 1 aliphatic heterocycles. The third-order valence-electron chi connectivity index (χ3n) is 3.90. The zero-order valence-electron chi connectivity index (χ0n) is 11.1. The van der Waals surface area contributed by atoms with E-state index in [9.17, 15) is 0 Å². The van der Waals surface area contributed by atoms with Gasteiger partial charge in [0.25, 0.3) is 0 Å². The second-order valence-electron chi connectivity index (χ2n) is 5.53. The van der Waals surface area contributed by atoms with E-state index in [1.54, 1.807) is 0 Å². The average molecular weight is 233 g/mol. The number of hydrogen-bond donors (Lipinski definition) is 1. The van der Waals surface area contributed by atoms with Gasteiger partial charge in [-0.3, -0.25) is 4.90 Å². The number of nitrogens with zero attached hydrogens (tertiary/aromatic N) is 2. The smallest absolute Gasteiger partial charge is 0.0396 e. The maximum absolute atomic E-state index is 5.89.